The molecule has 0 aromatic heterocycles. The number of likely N-dealkylation sites (tertiary alicyclic amines) is 1. The fourth-order valence-corrected chi connectivity index (χ4v) is 3.03. The first-order valence-electron chi connectivity index (χ1n) is 6.94. The second-order valence-corrected chi connectivity index (χ2v) is 5.75. The van der Waals surface area contributed by atoms with Crippen LogP contribution in [0.5, 0.6) is 0 Å². The summed E-state index contributed by atoms with van der Waals surface area (Å²) in [7, 11) is 0. The highest BCUT2D eigenvalue weighted by Gasteiger charge is 2.31. The summed E-state index contributed by atoms with van der Waals surface area (Å²) in [6.07, 6.45) is 1.50. The maximum Gasteiger partial charge on any atom is 0.310 e. The van der Waals surface area contributed by atoms with E-state index in [0.29, 0.717) is 35.3 Å². The molecule has 0 N–H and O–H groups in total. The zero-order valence-corrected chi connectivity index (χ0v) is 13.3. The molecule has 1 aliphatic rings. The molecule has 1 fully saturated rings. The number of carbonyl (C=O) groups excluding carboxylic acids is 2. The molecule has 1 amide bonds. The van der Waals surface area contributed by atoms with Crippen molar-refractivity contribution in [2.24, 2.45) is 5.92 Å². The van der Waals surface area contributed by atoms with Gasteiger partial charge in [0.1, 0.15) is 0 Å². The average molecular weight is 330 g/mol. The summed E-state index contributed by atoms with van der Waals surface area (Å²) in [6, 6.07) is 4.96. The Balaban J connectivity index is 2.14. The minimum atomic E-state index is -0.274. The van der Waals surface area contributed by atoms with Crippen molar-refractivity contribution in [1.82, 2.24) is 4.90 Å². The van der Waals surface area contributed by atoms with Crippen molar-refractivity contribution in [2.45, 2.75) is 19.8 Å². The Morgan fingerprint density at radius 1 is 1.33 bits per heavy atom. The first kappa shape index (κ1) is 16.1. The fraction of sp³-hybridized carbons (Fsp3) is 0.467. The summed E-state index contributed by atoms with van der Waals surface area (Å²) >= 11 is 12.1. The highest BCUT2D eigenvalue weighted by atomic mass is 35.5. The third-order valence-corrected chi connectivity index (χ3v) is 4.14. The lowest BCUT2D eigenvalue weighted by molar-refractivity contribution is -0.149. The summed E-state index contributed by atoms with van der Waals surface area (Å²) in [4.78, 5) is 26.0. The van der Waals surface area contributed by atoms with Crippen molar-refractivity contribution < 1.29 is 14.3 Å². The van der Waals surface area contributed by atoms with Gasteiger partial charge in [-0.3, -0.25) is 9.59 Å². The van der Waals surface area contributed by atoms with Gasteiger partial charge in [0.2, 0.25) is 0 Å². The zero-order chi connectivity index (χ0) is 15.4. The molecule has 1 unspecified atom stereocenters. The molecule has 1 atom stereocenters. The Morgan fingerprint density at radius 3 is 2.62 bits per heavy atom. The van der Waals surface area contributed by atoms with Crippen LogP contribution in [-0.2, 0) is 9.53 Å². The number of ether oxygens (including phenoxy) is 1. The average Bonchev–Trinajstić information content (AvgIpc) is 2.47. The largest absolute Gasteiger partial charge is 0.466 e. The molecule has 6 heteroatoms. The van der Waals surface area contributed by atoms with Crippen molar-refractivity contribution >= 4 is 35.1 Å². The van der Waals surface area contributed by atoms with Crippen LogP contribution >= 0.6 is 23.2 Å². The normalized spacial score (nSPS) is 18.4. The number of nitrogens with zero attached hydrogens (tertiary/aromatic N) is 1. The molecule has 114 valence electrons. The van der Waals surface area contributed by atoms with Gasteiger partial charge in [0.05, 0.1) is 28.1 Å². The van der Waals surface area contributed by atoms with Crippen LogP contribution < -0.4 is 0 Å². The summed E-state index contributed by atoms with van der Waals surface area (Å²) in [6.45, 7) is 3.06. The highest BCUT2D eigenvalue weighted by Crippen LogP contribution is 2.28. The fourth-order valence-electron chi connectivity index (χ4n) is 2.47. The quantitative estimate of drug-likeness (QED) is 0.798. The minimum Gasteiger partial charge on any atom is -0.466 e. The standard InChI is InChI=1S/C15H17Cl2NO3/c1-2-21-15(20)10-5-4-8-18(9-10)14(19)13-11(16)6-3-7-12(13)17/h3,6-7,10H,2,4-5,8-9H2,1H3. The molecule has 0 saturated carbocycles. The Labute approximate surface area is 134 Å². The third-order valence-electron chi connectivity index (χ3n) is 3.51. The summed E-state index contributed by atoms with van der Waals surface area (Å²) in [5, 5.41) is 0.650. The second-order valence-electron chi connectivity index (χ2n) is 4.94. The number of benzene rings is 1. The maximum atomic E-state index is 12.6. The Hall–Kier alpha value is -1.26. The predicted octanol–water partition coefficient (Wildman–Crippen LogP) is 3.41. The Bertz CT molecular complexity index is 527. The molecular formula is C15H17Cl2NO3. The van der Waals surface area contributed by atoms with E-state index in [-0.39, 0.29) is 17.8 Å². The van der Waals surface area contributed by atoms with Crippen LogP contribution in [0.2, 0.25) is 10.0 Å². The molecule has 1 aromatic rings. The predicted molar refractivity (Wildman–Crippen MR) is 81.7 cm³/mol. The number of hydrogen-bond acceptors (Lipinski definition) is 3. The number of esters is 1. The molecular weight excluding hydrogens is 313 g/mol. The van der Waals surface area contributed by atoms with E-state index in [1.807, 2.05) is 0 Å². The maximum absolute atomic E-state index is 12.6. The van der Waals surface area contributed by atoms with Crippen molar-refractivity contribution in [1.29, 1.82) is 0 Å². The van der Waals surface area contributed by atoms with Gasteiger partial charge in [-0.05, 0) is 31.9 Å². The van der Waals surface area contributed by atoms with Gasteiger partial charge in [-0.15, -0.1) is 0 Å². The van der Waals surface area contributed by atoms with Gasteiger partial charge in [-0.1, -0.05) is 29.3 Å². The lowest BCUT2D eigenvalue weighted by Crippen LogP contribution is -2.43. The van der Waals surface area contributed by atoms with E-state index >= 15 is 0 Å². The zero-order valence-electron chi connectivity index (χ0n) is 11.8. The number of carbonyl (C=O) groups is 2. The lowest BCUT2D eigenvalue weighted by Gasteiger charge is -2.32. The highest BCUT2D eigenvalue weighted by molar-refractivity contribution is 6.39. The topological polar surface area (TPSA) is 46.6 Å². The van der Waals surface area contributed by atoms with Crippen LogP contribution in [-0.4, -0.2) is 36.5 Å². The van der Waals surface area contributed by atoms with Gasteiger partial charge in [0.15, 0.2) is 0 Å². The molecule has 4 nitrogen and oxygen atoms in total. The van der Waals surface area contributed by atoms with Gasteiger partial charge in [0.25, 0.3) is 5.91 Å². The molecule has 0 spiro atoms. The van der Waals surface area contributed by atoms with Crippen LogP contribution in [0, 0.1) is 5.92 Å². The molecule has 21 heavy (non-hydrogen) atoms. The minimum absolute atomic E-state index is 0.236. The molecule has 0 radical (unpaired) electrons. The number of piperidine rings is 1. The molecule has 1 aliphatic heterocycles. The number of amides is 1. The number of hydrogen-bond donors (Lipinski definition) is 0. The molecule has 0 bridgehead atoms. The van der Waals surface area contributed by atoms with Crippen LogP contribution in [0.15, 0.2) is 18.2 Å². The van der Waals surface area contributed by atoms with E-state index in [1.54, 1.807) is 30.0 Å². The summed E-state index contributed by atoms with van der Waals surface area (Å²) in [5.74, 6) is -0.760. The van der Waals surface area contributed by atoms with E-state index < -0.39 is 0 Å². The van der Waals surface area contributed by atoms with Gasteiger partial charge < -0.3 is 9.64 Å². The third kappa shape index (κ3) is 3.69. The first-order valence-corrected chi connectivity index (χ1v) is 7.70. The molecule has 1 aromatic carbocycles. The monoisotopic (exact) mass is 329 g/mol. The van der Waals surface area contributed by atoms with Crippen molar-refractivity contribution in [3.05, 3.63) is 33.8 Å². The van der Waals surface area contributed by atoms with E-state index in [2.05, 4.69) is 0 Å². The summed E-state index contributed by atoms with van der Waals surface area (Å²) < 4.78 is 5.03. The lowest BCUT2D eigenvalue weighted by atomic mass is 9.97. The second kappa shape index (κ2) is 7.14. The van der Waals surface area contributed by atoms with Crippen LogP contribution in [0.1, 0.15) is 30.1 Å². The van der Waals surface area contributed by atoms with Crippen LogP contribution in [0.4, 0.5) is 0 Å². The molecule has 0 aliphatic carbocycles. The summed E-state index contributed by atoms with van der Waals surface area (Å²) in [5.41, 5.74) is 0.297. The smallest absolute Gasteiger partial charge is 0.310 e. The van der Waals surface area contributed by atoms with Crippen LogP contribution in [0.3, 0.4) is 0 Å². The van der Waals surface area contributed by atoms with Gasteiger partial charge in [0, 0.05) is 13.1 Å². The first-order chi connectivity index (χ1) is 10.0. The number of rotatable bonds is 3. The van der Waals surface area contributed by atoms with E-state index in [1.165, 1.54) is 0 Å². The molecule has 1 saturated heterocycles. The SMILES string of the molecule is CCOC(=O)C1CCCN(C(=O)c2c(Cl)cccc2Cl)C1. The number of halogens is 2. The van der Waals surface area contributed by atoms with Gasteiger partial charge >= 0.3 is 5.97 Å². The van der Waals surface area contributed by atoms with E-state index in [9.17, 15) is 9.59 Å². The van der Waals surface area contributed by atoms with Crippen LogP contribution in [0.25, 0.3) is 0 Å². The van der Waals surface area contributed by atoms with Crippen molar-refractivity contribution in [3.8, 4) is 0 Å². The van der Waals surface area contributed by atoms with Gasteiger partial charge in [-0.25, -0.2) is 0 Å². The van der Waals surface area contributed by atoms with Gasteiger partial charge in [-0.2, -0.15) is 0 Å². The van der Waals surface area contributed by atoms with E-state index in [4.69, 9.17) is 27.9 Å². The van der Waals surface area contributed by atoms with Crippen molar-refractivity contribution in [3.63, 3.8) is 0 Å². The molecule has 1 heterocycles. The Morgan fingerprint density at radius 2 is 2.00 bits per heavy atom. The van der Waals surface area contributed by atoms with E-state index in [0.717, 1.165) is 12.8 Å². The Kier molecular flexibility index (Phi) is 5.48. The van der Waals surface area contributed by atoms with Crippen molar-refractivity contribution in [2.75, 3.05) is 19.7 Å². The molecule has 2 rings (SSSR count).